The van der Waals surface area contributed by atoms with E-state index in [0.717, 1.165) is 42.0 Å². The molecule has 0 bridgehead atoms. The van der Waals surface area contributed by atoms with Crippen molar-refractivity contribution < 1.29 is 4.74 Å². The molecule has 1 N–H and O–H groups in total. The van der Waals surface area contributed by atoms with Gasteiger partial charge in [-0.1, -0.05) is 26.1 Å². The van der Waals surface area contributed by atoms with Gasteiger partial charge in [0, 0.05) is 18.2 Å². The lowest BCUT2D eigenvalue weighted by Crippen LogP contribution is -2.19. The summed E-state index contributed by atoms with van der Waals surface area (Å²) in [6.07, 6.45) is 2.22. The Labute approximate surface area is 115 Å². The van der Waals surface area contributed by atoms with E-state index in [1.807, 2.05) is 0 Å². The van der Waals surface area contributed by atoms with Crippen molar-refractivity contribution in [3.8, 4) is 0 Å². The maximum Gasteiger partial charge on any atom is 0.144 e. The molecule has 1 aromatic rings. The zero-order valence-corrected chi connectivity index (χ0v) is 12.5. The third kappa shape index (κ3) is 2.95. The van der Waals surface area contributed by atoms with E-state index < -0.39 is 0 Å². The molecule has 0 aromatic carbocycles. The Balaban J connectivity index is 2.37. The maximum absolute atomic E-state index is 5.50. The number of aromatic amines is 1. The lowest BCUT2D eigenvalue weighted by molar-refractivity contribution is 0.0779. The maximum atomic E-state index is 5.50. The zero-order valence-electron chi connectivity index (χ0n) is 10.1. The SMILES string of the molecule is CC(C)c1[nH]c(C2CCCOC2)nc(=S)c1Br. The normalized spacial score (nSPS) is 20.8. The fourth-order valence-corrected chi connectivity index (χ4v) is 2.90. The number of nitrogens with zero attached hydrogens (tertiary/aromatic N) is 1. The van der Waals surface area contributed by atoms with E-state index in [0.29, 0.717) is 16.5 Å². The predicted octanol–water partition coefficient (Wildman–Crippen LogP) is 3.92. The van der Waals surface area contributed by atoms with Gasteiger partial charge < -0.3 is 9.72 Å². The Morgan fingerprint density at radius 3 is 2.88 bits per heavy atom. The molecule has 0 spiro atoms. The molecule has 0 amide bonds. The molecule has 1 unspecified atom stereocenters. The molecule has 17 heavy (non-hydrogen) atoms. The summed E-state index contributed by atoms with van der Waals surface area (Å²) in [6.45, 7) is 5.90. The summed E-state index contributed by atoms with van der Waals surface area (Å²) < 4.78 is 7.07. The molecule has 0 radical (unpaired) electrons. The number of aromatic nitrogens is 2. The fourth-order valence-electron chi connectivity index (χ4n) is 2.04. The Kier molecular flexibility index (Phi) is 4.33. The first-order chi connectivity index (χ1) is 8.09. The van der Waals surface area contributed by atoms with Crippen molar-refractivity contribution in [3.63, 3.8) is 0 Å². The summed E-state index contributed by atoms with van der Waals surface area (Å²) in [5, 5.41) is 0. The van der Waals surface area contributed by atoms with E-state index in [2.05, 4.69) is 39.7 Å². The largest absolute Gasteiger partial charge is 0.381 e. The Bertz CT molecular complexity index is 452. The molecule has 1 fully saturated rings. The molecule has 94 valence electrons. The van der Waals surface area contributed by atoms with E-state index in [1.54, 1.807) is 0 Å². The van der Waals surface area contributed by atoms with Gasteiger partial charge in [0.25, 0.3) is 0 Å². The van der Waals surface area contributed by atoms with Crippen molar-refractivity contribution in [2.75, 3.05) is 13.2 Å². The van der Waals surface area contributed by atoms with Crippen molar-refractivity contribution in [2.45, 2.75) is 38.5 Å². The number of halogens is 1. The minimum absolute atomic E-state index is 0.357. The third-order valence-electron chi connectivity index (χ3n) is 3.03. The molecule has 2 heterocycles. The van der Waals surface area contributed by atoms with Crippen molar-refractivity contribution in [3.05, 3.63) is 20.6 Å². The molecule has 2 rings (SSSR count). The van der Waals surface area contributed by atoms with Gasteiger partial charge in [-0.15, -0.1) is 0 Å². The first kappa shape index (κ1) is 13.2. The van der Waals surface area contributed by atoms with Crippen molar-refractivity contribution >= 4 is 28.1 Å². The molecule has 1 saturated heterocycles. The zero-order chi connectivity index (χ0) is 12.4. The van der Waals surface area contributed by atoms with Gasteiger partial charge in [-0.25, -0.2) is 4.98 Å². The van der Waals surface area contributed by atoms with Gasteiger partial charge in [-0.2, -0.15) is 0 Å². The van der Waals surface area contributed by atoms with Crippen LogP contribution in [0.3, 0.4) is 0 Å². The summed E-state index contributed by atoms with van der Waals surface area (Å²) in [7, 11) is 0. The van der Waals surface area contributed by atoms with Crippen molar-refractivity contribution in [1.82, 2.24) is 9.97 Å². The summed E-state index contributed by atoms with van der Waals surface area (Å²) in [6, 6.07) is 0. The first-order valence-electron chi connectivity index (χ1n) is 5.97. The van der Waals surface area contributed by atoms with Crippen LogP contribution in [0, 0.1) is 4.64 Å². The number of rotatable bonds is 2. The highest BCUT2D eigenvalue weighted by Crippen LogP contribution is 2.28. The molecule has 1 aromatic heterocycles. The smallest absolute Gasteiger partial charge is 0.144 e. The van der Waals surface area contributed by atoms with Crippen LogP contribution in [0.25, 0.3) is 0 Å². The van der Waals surface area contributed by atoms with Gasteiger partial charge in [-0.05, 0) is 34.7 Å². The third-order valence-corrected chi connectivity index (χ3v) is 4.39. The van der Waals surface area contributed by atoms with E-state index in [1.165, 1.54) is 0 Å². The van der Waals surface area contributed by atoms with Crippen molar-refractivity contribution in [2.24, 2.45) is 0 Å². The van der Waals surface area contributed by atoms with E-state index in [4.69, 9.17) is 17.0 Å². The van der Waals surface area contributed by atoms with Crippen LogP contribution >= 0.6 is 28.1 Å². The molecular weight excluding hydrogens is 300 g/mol. The lowest BCUT2D eigenvalue weighted by Gasteiger charge is -2.22. The molecule has 1 aliphatic rings. The molecule has 3 nitrogen and oxygen atoms in total. The Morgan fingerprint density at radius 1 is 1.53 bits per heavy atom. The van der Waals surface area contributed by atoms with Gasteiger partial charge in [0.1, 0.15) is 10.5 Å². The number of nitrogens with one attached hydrogen (secondary N) is 1. The fraction of sp³-hybridized carbons (Fsp3) is 0.667. The van der Waals surface area contributed by atoms with Crippen LogP contribution in [0.5, 0.6) is 0 Å². The van der Waals surface area contributed by atoms with Crippen LogP contribution in [-0.2, 0) is 4.74 Å². The van der Waals surface area contributed by atoms with Crippen LogP contribution in [0.15, 0.2) is 4.47 Å². The predicted molar refractivity (Wildman–Crippen MR) is 74.0 cm³/mol. The summed E-state index contributed by atoms with van der Waals surface area (Å²) in [5.41, 5.74) is 1.13. The average molecular weight is 317 g/mol. The highest BCUT2D eigenvalue weighted by Gasteiger charge is 2.20. The second-order valence-electron chi connectivity index (χ2n) is 4.72. The van der Waals surface area contributed by atoms with Crippen LogP contribution < -0.4 is 0 Å². The first-order valence-corrected chi connectivity index (χ1v) is 7.17. The monoisotopic (exact) mass is 316 g/mol. The highest BCUT2D eigenvalue weighted by atomic mass is 79.9. The van der Waals surface area contributed by atoms with Crippen LogP contribution in [0.1, 0.15) is 50.0 Å². The lowest BCUT2D eigenvalue weighted by atomic mass is 10.0. The molecule has 0 aliphatic carbocycles. The average Bonchev–Trinajstić information content (AvgIpc) is 2.33. The second kappa shape index (κ2) is 5.59. The van der Waals surface area contributed by atoms with Crippen LogP contribution in [-0.4, -0.2) is 23.2 Å². The second-order valence-corrected chi connectivity index (χ2v) is 5.90. The van der Waals surface area contributed by atoms with Gasteiger partial charge in [0.05, 0.1) is 11.1 Å². The van der Waals surface area contributed by atoms with E-state index in [-0.39, 0.29) is 0 Å². The molecular formula is C12H17BrN2OS. The quantitative estimate of drug-likeness (QED) is 0.840. The Hall–Kier alpha value is -0.260. The summed E-state index contributed by atoms with van der Waals surface area (Å²) in [5.74, 6) is 1.73. The van der Waals surface area contributed by atoms with Gasteiger partial charge in [-0.3, -0.25) is 0 Å². The minimum atomic E-state index is 0.357. The molecule has 1 atom stereocenters. The number of hydrogen-bond donors (Lipinski definition) is 1. The number of hydrogen-bond acceptors (Lipinski definition) is 3. The number of ether oxygens (including phenoxy) is 1. The summed E-state index contributed by atoms with van der Waals surface area (Å²) in [4.78, 5) is 7.89. The van der Waals surface area contributed by atoms with Crippen LogP contribution in [0.4, 0.5) is 0 Å². The van der Waals surface area contributed by atoms with Gasteiger partial charge in [0.2, 0.25) is 0 Å². The molecule has 1 aliphatic heterocycles. The van der Waals surface area contributed by atoms with Crippen molar-refractivity contribution in [1.29, 1.82) is 0 Å². The standard InChI is InChI=1S/C12H17BrN2OS/c1-7(2)10-9(13)12(17)15-11(14-10)8-4-3-5-16-6-8/h7-8H,3-6H2,1-2H3,(H,14,15,17). The molecule has 5 heteroatoms. The molecule has 0 saturated carbocycles. The number of H-pyrrole nitrogens is 1. The van der Waals surface area contributed by atoms with E-state index >= 15 is 0 Å². The minimum Gasteiger partial charge on any atom is -0.381 e. The van der Waals surface area contributed by atoms with Gasteiger partial charge >= 0.3 is 0 Å². The highest BCUT2D eigenvalue weighted by molar-refractivity contribution is 9.10. The van der Waals surface area contributed by atoms with E-state index in [9.17, 15) is 0 Å². The Morgan fingerprint density at radius 2 is 2.29 bits per heavy atom. The topological polar surface area (TPSA) is 37.9 Å². The van der Waals surface area contributed by atoms with Crippen LogP contribution in [0.2, 0.25) is 0 Å². The summed E-state index contributed by atoms with van der Waals surface area (Å²) >= 11 is 8.81. The van der Waals surface area contributed by atoms with Gasteiger partial charge in [0.15, 0.2) is 0 Å².